The number of hydrogen-bond acceptors (Lipinski definition) is 6. The molecule has 1 aliphatic heterocycles. The molecule has 1 atom stereocenters. The lowest BCUT2D eigenvalue weighted by atomic mass is 10.1. The van der Waals surface area contributed by atoms with E-state index in [1.54, 1.807) is 0 Å². The quantitative estimate of drug-likeness (QED) is 0.652. The summed E-state index contributed by atoms with van der Waals surface area (Å²) in [6, 6.07) is 2.93. The Labute approximate surface area is 151 Å². The molecule has 1 aromatic carbocycles. The summed E-state index contributed by atoms with van der Waals surface area (Å²) >= 11 is 11.8. The van der Waals surface area contributed by atoms with Crippen LogP contribution in [0.15, 0.2) is 17.0 Å². The predicted molar refractivity (Wildman–Crippen MR) is 93.0 cm³/mol. The van der Waals surface area contributed by atoms with Crippen LogP contribution in [0.5, 0.6) is 5.75 Å². The molecule has 1 aromatic rings. The first kappa shape index (κ1) is 19.7. The van der Waals surface area contributed by atoms with Crippen molar-refractivity contribution in [3.8, 4) is 5.75 Å². The third-order valence-corrected chi connectivity index (χ3v) is 5.76. The van der Waals surface area contributed by atoms with E-state index in [0.717, 1.165) is 0 Å². The highest BCUT2D eigenvalue weighted by atomic mass is 35.5. The SMILES string of the molecule is NC[C@@H](O)CN1CCC(Oc2ccc(Cl)c(Cl)c2S(N)(=O)=O)CC1. The molecule has 5 N–H and O–H groups in total. The normalized spacial score (nSPS) is 18.5. The van der Waals surface area contributed by atoms with Gasteiger partial charge in [0.1, 0.15) is 16.7 Å². The first-order valence-corrected chi connectivity index (χ1v) is 9.80. The van der Waals surface area contributed by atoms with Gasteiger partial charge in [0.2, 0.25) is 10.0 Å². The molecular weight excluding hydrogens is 377 g/mol. The van der Waals surface area contributed by atoms with Crippen LogP contribution in [-0.2, 0) is 10.0 Å². The summed E-state index contributed by atoms with van der Waals surface area (Å²) in [5.41, 5.74) is 5.41. The van der Waals surface area contributed by atoms with Crippen molar-refractivity contribution in [1.29, 1.82) is 0 Å². The van der Waals surface area contributed by atoms with Crippen LogP contribution in [0.1, 0.15) is 12.8 Å². The lowest BCUT2D eigenvalue weighted by molar-refractivity contribution is 0.0630. The van der Waals surface area contributed by atoms with Crippen LogP contribution in [0.4, 0.5) is 0 Å². The van der Waals surface area contributed by atoms with Crippen LogP contribution in [0.2, 0.25) is 10.0 Å². The molecule has 10 heteroatoms. The van der Waals surface area contributed by atoms with Gasteiger partial charge in [0.15, 0.2) is 0 Å². The zero-order valence-electron chi connectivity index (χ0n) is 13.0. The van der Waals surface area contributed by atoms with E-state index in [0.29, 0.717) is 32.5 Å². The predicted octanol–water partition coefficient (Wildman–Crippen LogP) is 0.804. The summed E-state index contributed by atoms with van der Waals surface area (Å²) in [6.07, 6.45) is 0.643. The Morgan fingerprint density at radius 1 is 1.33 bits per heavy atom. The molecular formula is C14H21Cl2N3O4S. The van der Waals surface area contributed by atoms with Crippen LogP contribution in [0.25, 0.3) is 0 Å². The second-order valence-electron chi connectivity index (χ2n) is 5.74. The molecule has 0 aliphatic carbocycles. The number of primary sulfonamides is 1. The number of rotatable bonds is 6. The summed E-state index contributed by atoms with van der Waals surface area (Å²) < 4.78 is 29.4. The molecule has 1 aliphatic rings. The minimum Gasteiger partial charge on any atom is -0.489 e. The highest BCUT2D eigenvalue weighted by molar-refractivity contribution is 7.89. The summed E-state index contributed by atoms with van der Waals surface area (Å²) in [6.45, 7) is 2.16. The Balaban J connectivity index is 2.07. The van der Waals surface area contributed by atoms with E-state index in [4.69, 9.17) is 38.8 Å². The van der Waals surface area contributed by atoms with E-state index >= 15 is 0 Å². The average Bonchev–Trinajstić information content (AvgIpc) is 2.51. The van der Waals surface area contributed by atoms with Crippen LogP contribution in [0.3, 0.4) is 0 Å². The fraction of sp³-hybridized carbons (Fsp3) is 0.571. The molecule has 24 heavy (non-hydrogen) atoms. The molecule has 0 amide bonds. The van der Waals surface area contributed by atoms with Crippen molar-refractivity contribution < 1.29 is 18.3 Å². The van der Waals surface area contributed by atoms with Gasteiger partial charge in [-0.25, -0.2) is 13.6 Å². The summed E-state index contributed by atoms with van der Waals surface area (Å²) in [5, 5.41) is 14.8. The molecule has 7 nitrogen and oxygen atoms in total. The molecule has 0 bridgehead atoms. The highest BCUT2D eigenvalue weighted by Gasteiger charge is 2.26. The van der Waals surface area contributed by atoms with Gasteiger partial charge >= 0.3 is 0 Å². The molecule has 0 radical (unpaired) electrons. The van der Waals surface area contributed by atoms with Gasteiger partial charge in [0, 0.05) is 26.2 Å². The zero-order valence-corrected chi connectivity index (χ0v) is 15.3. The van der Waals surface area contributed by atoms with Gasteiger partial charge in [0.05, 0.1) is 16.1 Å². The van der Waals surface area contributed by atoms with Gasteiger partial charge in [-0.15, -0.1) is 0 Å². The van der Waals surface area contributed by atoms with E-state index in [2.05, 4.69) is 4.90 Å². The van der Waals surface area contributed by atoms with Crippen molar-refractivity contribution in [1.82, 2.24) is 4.90 Å². The Hall–Kier alpha value is -0.610. The number of hydrogen-bond donors (Lipinski definition) is 3. The summed E-state index contributed by atoms with van der Waals surface area (Å²) in [5.74, 6) is 0.104. The van der Waals surface area contributed by atoms with Crippen molar-refractivity contribution in [2.45, 2.75) is 29.9 Å². The number of aliphatic hydroxyl groups excluding tert-OH is 1. The largest absolute Gasteiger partial charge is 0.489 e. The maximum Gasteiger partial charge on any atom is 0.243 e. The van der Waals surface area contributed by atoms with E-state index in [-0.39, 0.29) is 33.3 Å². The van der Waals surface area contributed by atoms with E-state index in [1.807, 2.05) is 0 Å². The monoisotopic (exact) mass is 397 g/mol. The van der Waals surface area contributed by atoms with E-state index in [9.17, 15) is 13.5 Å². The Kier molecular flexibility index (Phi) is 6.72. The van der Waals surface area contributed by atoms with Crippen molar-refractivity contribution in [2.75, 3.05) is 26.2 Å². The van der Waals surface area contributed by atoms with Gasteiger partial charge in [-0.05, 0) is 25.0 Å². The summed E-state index contributed by atoms with van der Waals surface area (Å²) in [7, 11) is -4.07. The average molecular weight is 398 g/mol. The second-order valence-corrected chi connectivity index (χ2v) is 8.02. The third kappa shape index (κ3) is 4.95. The number of piperidine rings is 1. The van der Waals surface area contributed by atoms with E-state index in [1.165, 1.54) is 12.1 Å². The number of nitrogens with zero attached hydrogens (tertiary/aromatic N) is 1. The molecule has 2 rings (SSSR count). The maximum atomic E-state index is 11.8. The van der Waals surface area contributed by atoms with Crippen molar-refractivity contribution in [3.05, 3.63) is 22.2 Å². The fourth-order valence-electron chi connectivity index (χ4n) is 2.63. The number of halogens is 2. The molecule has 0 saturated carbocycles. The minimum absolute atomic E-state index is 0.0960. The van der Waals surface area contributed by atoms with E-state index < -0.39 is 16.1 Å². The van der Waals surface area contributed by atoms with Crippen LogP contribution < -0.4 is 15.6 Å². The minimum atomic E-state index is -4.07. The zero-order chi connectivity index (χ0) is 17.9. The Morgan fingerprint density at radius 3 is 2.50 bits per heavy atom. The topological polar surface area (TPSA) is 119 Å². The van der Waals surface area contributed by atoms with Crippen LogP contribution >= 0.6 is 23.2 Å². The van der Waals surface area contributed by atoms with Gasteiger partial charge in [-0.1, -0.05) is 23.2 Å². The third-order valence-electron chi connectivity index (χ3n) is 3.87. The molecule has 0 unspecified atom stereocenters. The van der Waals surface area contributed by atoms with Crippen LogP contribution in [0, 0.1) is 0 Å². The number of nitrogens with two attached hydrogens (primary N) is 2. The number of likely N-dealkylation sites (tertiary alicyclic amines) is 1. The number of aliphatic hydroxyl groups is 1. The van der Waals surface area contributed by atoms with Crippen molar-refractivity contribution in [3.63, 3.8) is 0 Å². The molecule has 0 spiro atoms. The first-order valence-electron chi connectivity index (χ1n) is 7.50. The number of β-amino-alcohol motifs (C(OH)–C–C–N with tert-alkyl or cyclic N) is 1. The Bertz CT molecular complexity index is 679. The number of sulfonamides is 1. The second kappa shape index (κ2) is 8.18. The van der Waals surface area contributed by atoms with Crippen molar-refractivity contribution >= 4 is 33.2 Å². The van der Waals surface area contributed by atoms with Gasteiger partial charge in [0.25, 0.3) is 0 Å². The lowest BCUT2D eigenvalue weighted by Crippen LogP contribution is -2.43. The van der Waals surface area contributed by atoms with Crippen LogP contribution in [-0.4, -0.2) is 56.8 Å². The molecule has 0 aromatic heterocycles. The number of benzene rings is 1. The lowest BCUT2D eigenvalue weighted by Gasteiger charge is -2.33. The Morgan fingerprint density at radius 2 is 1.96 bits per heavy atom. The standard InChI is InChI=1S/C14H21Cl2N3O4S/c15-11-1-2-12(14(13(11)16)24(18,21)22)23-10-3-5-19(6-4-10)8-9(20)7-17/h1-2,9-10,20H,3-8,17H2,(H2,18,21,22)/t9-/m1/s1. The molecule has 1 saturated heterocycles. The van der Waals surface area contributed by atoms with Gasteiger partial charge in [-0.3, -0.25) is 0 Å². The summed E-state index contributed by atoms with van der Waals surface area (Å²) in [4.78, 5) is 1.80. The molecule has 136 valence electrons. The fourth-order valence-corrected chi connectivity index (χ4v) is 4.08. The molecule has 1 fully saturated rings. The first-order chi connectivity index (χ1) is 11.2. The van der Waals surface area contributed by atoms with Gasteiger partial charge in [-0.2, -0.15) is 0 Å². The number of ether oxygens (including phenoxy) is 1. The smallest absolute Gasteiger partial charge is 0.243 e. The van der Waals surface area contributed by atoms with Crippen molar-refractivity contribution in [2.24, 2.45) is 10.9 Å². The highest BCUT2D eigenvalue weighted by Crippen LogP contribution is 2.37. The van der Waals surface area contributed by atoms with Gasteiger partial charge < -0.3 is 20.5 Å². The maximum absolute atomic E-state index is 11.8. The molecule has 1 heterocycles.